The monoisotopic (exact) mass is 185 g/mol. The molecular weight excluding hydrogens is 177 g/mol. The first-order valence-corrected chi connectivity index (χ1v) is 4.93. The van der Waals surface area contributed by atoms with Gasteiger partial charge in [-0.3, -0.25) is 0 Å². The molecule has 6 nitrogen and oxygen atoms in total. The second-order valence-electron chi connectivity index (χ2n) is 1.88. The van der Waals surface area contributed by atoms with Crippen LogP contribution >= 0.6 is 8.30 Å². The number of tetrazole rings is 1. The molecule has 1 heterocycles. The predicted molar refractivity (Wildman–Crippen MR) is 43.5 cm³/mol. The SMILES string of the molecule is [C-]#[N+]CCOP(C)n1ncnn1. The van der Waals surface area contributed by atoms with Gasteiger partial charge in [0.25, 0.3) is 0 Å². The molecule has 0 saturated carbocycles. The molecule has 0 amide bonds. The van der Waals surface area contributed by atoms with Crippen LogP contribution in [0.1, 0.15) is 0 Å². The molecule has 0 aromatic carbocycles. The Balaban J connectivity index is 2.30. The van der Waals surface area contributed by atoms with Crippen molar-refractivity contribution in [2.75, 3.05) is 19.8 Å². The fraction of sp³-hybridized carbons (Fsp3) is 0.600. The second-order valence-corrected chi connectivity index (χ2v) is 3.43. The van der Waals surface area contributed by atoms with Crippen molar-refractivity contribution in [2.24, 2.45) is 0 Å². The highest BCUT2D eigenvalue weighted by Gasteiger charge is 2.06. The lowest BCUT2D eigenvalue weighted by Gasteiger charge is -2.06. The first-order valence-electron chi connectivity index (χ1n) is 3.27. The van der Waals surface area contributed by atoms with Gasteiger partial charge in [-0.15, -0.1) is 14.8 Å². The van der Waals surface area contributed by atoms with Gasteiger partial charge in [-0.1, -0.05) is 0 Å². The van der Waals surface area contributed by atoms with Crippen molar-refractivity contribution in [3.8, 4) is 0 Å². The molecule has 12 heavy (non-hydrogen) atoms. The predicted octanol–water partition coefficient (Wildman–Crippen LogP) is 0.399. The summed E-state index contributed by atoms with van der Waals surface area (Å²) in [6.07, 6.45) is 1.36. The van der Waals surface area contributed by atoms with E-state index in [0.717, 1.165) is 0 Å². The summed E-state index contributed by atoms with van der Waals surface area (Å²) in [4.78, 5) is 3.16. The van der Waals surface area contributed by atoms with Crippen molar-refractivity contribution in [1.29, 1.82) is 0 Å². The van der Waals surface area contributed by atoms with Gasteiger partial charge in [-0.05, 0) is 5.21 Å². The molecule has 1 unspecified atom stereocenters. The van der Waals surface area contributed by atoms with Crippen LogP contribution in [0.3, 0.4) is 0 Å². The van der Waals surface area contributed by atoms with Crippen molar-refractivity contribution in [1.82, 2.24) is 20.0 Å². The van der Waals surface area contributed by atoms with Crippen molar-refractivity contribution >= 4 is 8.30 Å². The van der Waals surface area contributed by atoms with Crippen LogP contribution in [0.5, 0.6) is 0 Å². The van der Waals surface area contributed by atoms with Crippen molar-refractivity contribution in [3.05, 3.63) is 17.7 Å². The van der Waals surface area contributed by atoms with E-state index >= 15 is 0 Å². The molecule has 0 aliphatic rings. The van der Waals surface area contributed by atoms with E-state index < -0.39 is 8.30 Å². The average Bonchev–Trinajstić information content (AvgIpc) is 2.56. The Bertz CT molecular complexity index is 255. The van der Waals surface area contributed by atoms with Gasteiger partial charge in [0.1, 0.15) is 6.61 Å². The Labute approximate surface area is 71.2 Å². The summed E-state index contributed by atoms with van der Waals surface area (Å²) in [5, 5.41) is 11.0. The van der Waals surface area contributed by atoms with Gasteiger partial charge < -0.3 is 9.37 Å². The second kappa shape index (κ2) is 4.75. The minimum atomic E-state index is -0.862. The third-order valence-corrected chi connectivity index (χ3v) is 2.31. The summed E-state index contributed by atoms with van der Waals surface area (Å²) in [5.41, 5.74) is 0. The third kappa shape index (κ3) is 2.53. The lowest BCUT2D eigenvalue weighted by molar-refractivity contribution is 0.365. The largest absolute Gasteiger partial charge is 0.329 e. The molecule has 64 valence electrons. The van der Waals surface area contributed by atoms with Crippen LogP contribution in [0, 0.1) is 6.57 Å². The maximum atomic E-state index is 6.52. The van der Waals surface area contributed by atoms with E-state index in [0.29, 0.717) is 13.2 Å². The van der Waals surface area contributed by atoms with E-state index in [1.807, 2.05) is 6.66 Å². The van der Waals surface area contributed by atoms with Crippen LogP contribution < -0.4 is 0 Å². The van der Waals surface area contributed by atoms with Gasteiger partial charge in [0.2, 0.25) is 6.54 Å². The van der Waals surface area contributed by atoms with Crippen molar-refractivity contribution in [2.45, 2.75) is 0 Å². The van der Waals surface area contributed by atoms with Crippen LogP contribution in [-0.4, -0.2) is 39.8 Å². The minimum Gasteiger partial charge on any atom is -0.329 e. The Morgan fingerprint density at radius 3 is 3.17 bits per heavy atom. The molecule has 0 fully saturated rings. The summed E-state index contributed by atoms with van der Waals surface area (Å²) in [7, 11) is -0.862. The summed E-state index contributed by atoms with van der Waals surface area (Å²) in [6, 6.07) is 0. The first kappa shape index (κ1) is 9.04. The molecule has 0 radical (unpaired) electrons. The molecule has 1 atom stereocenters. The van der Waals surface area contributed by atoms with Gasteiger partial charge in [-0.25, -0.2) is 6.57 Å². The lowest BCUT2D eigenvalue weighted by Crippen LogP contribution is -2.01. The van der Waals surface area contributed by atoms with Crippen molar-refractivity contribution < 1.29 is 4.52 Å². The van der Waals surface area contributed by atoms with E-state index in [4.69, 9.17) is 11.1 Å². The van der Waals surface area contributed by atoms with E-state index in [1.165, 1.54) is 10.9 Å². The maximum Gasteiger partial charge on any atom is 0.238 e. The highest BCUT2D eigenvalue weighted by molar-refractivity contribution is 7.49. The van der Waals surface area contributed by atoms with Gasteiger partial charge >= 0.3 is 0 Å². The van der Waals surface area contributed by atoms with E-state index in [1.54, 1.807) is 0 Å². The molecular formula is C5H8N5OP. The molecule has 0 bridgehead atoms. The number of aromatic nitrogens is 4. The molecule has 7 heteroatoms. The fourth-order valence-corrected chi connectivity index (χ4v) is 1.36. The van der Waals surface area contributed by atoms with E-state index in [-0.39, 0.29) is 0 Å². The fourth-order valence-electron chi connectivity index (χ4n) is 0.561. The zero-order chi connectivity index (χ0) is 8.81. The van der Waals surface area contributed by atoms with Crippen LogP contribution in [0.2, 0.25) is 0 Å². The third-order valence-electron chi connectivity index (χ3n) is 1.07. The molecule has 0 saturated heterocycles. The highest BCUT2D eigenvalue weighted by Crippen LogP contribution is 2.30. The number of hydrogen-bond donors (Lipinski definition) is 0. The minimum absolute atomic E-state index is 0.376. The summed E-state index contributed by atoms with van der Waals surface area (Å²) < 4.78 is 6.69. The maximum absolute atomic E-state index is 6.52. The normalized spacial score (nSPS) is 12.3. The molecule has 1 rings (SSSR count). The van der Waals surface area contributed by atoms with Crippen LogP contribution in [-0.2, 0) is 4.52 Å². The quantitative estimate of drug-likeness (QED) is 0.387. The zero-order valence-electron chi connectivity index (χ0n) is 6.58. The summed E-state index contributed by atoms with van der Waals surface area (Å²) in [5.74, 6) is 0. The zero-order valence-corrected chi connectivity index (χ0v) is 7.48. The summed E-state index contributed by atoms with van der Waals surface area (Å²) >= 11 is 0. The summed E-state index contributed by atoms with van der Waals surface area (Å²) in [6.45, 7) is 9.19. The van der Waals surface area contributed by atoms with Crippen LogP contribution in [0.25, 0.3) is 4.85 Å². The Kier molecular flexibility index (Phi) is 3.58. The van der Waals surface area contributed by atoms with Gasteiger partial charge in [0.05, 0.1) is 0 Å². The topological polar surface area (TPSA) is 57.2 Å². The smallest absolute Gasteiger partial charge is 0.238 e. The molecule has 0 aliphatic carbocycles. The lowest BCUT2D eigenvalue weighted by atomic mass is 10.7. The first-order chi connectivity index (χ1) is 5.84. The Morgan fingerprint density at radius 1 is 1.75 bits per heavy atom. The van der Waals surface area contributed by atoms with E-state index in [2.05, 4.69) is 20.3 Å². The Hall–Kier alpha value is -1.05. The van der Waals surface area contributed by atoms with Crippen LogP contribution in [0.15, 0.2) is 6.33 Å². The molecule has 0 spiro atoms. The number of hydrogen-bond acceptors (Lipinski definition) is 4. The highest BCUT2D eigenvalue weighted by atomic mass is 31.2. The van der Waals surface area contributed by atoms with Gasteiger partial charge in [0, 0.05) is 6.66 Å². The average molecular weight is 185 g/mol. The van der Waals surface area contributed by atoms with Crippen LogP contribution in [0.4, 0.5) is 0 Å². The Morgan fingerprint density at radius 2 is 2.58 bits per heavy atom. The number of rotatable bonds is 4. The number of nitrogens with zero attached hydrogens (tertiary/aromatic N) is 5. The molecule has 1 aromatic heterocycles. The van der Waals surface area contributed by atoms with Gasteiger partial charge in [0.15, 0.2) is 14.6 Å². The van der Waals surface area contributed by atoms with Crippen molar-refractivity contribution in [3.63, 3.8) is 0 Å². The standard InChI is InChI=1S/C5H8N5OP/c1-6-3-4-11-12(2)10-8-5-7-9-10/h5H,3-4H2,2H3. The van der Waals surface area contributed by atoms with E-state index in [9.17, 15) is 0 Å². The molecule has 0 N–H and O–H groups in total. The molecule has 1 aromatic rings. The molecule has 0 aliphatic heterocycles. The van der Waals surface area contributed by atoms with Gasteiger partial charge in [-0.2, -0.15) is 0 Å².